The number of hydrogen-bond donors (Lipinski definition) is 2. The SMILES string of the molecule is CCCCc1ccc2c(N)c(C(=O)Nc3cccnc3)sc2n1. The number of aryl methyl sites for hydroxylation is 1. The van der Waals surface area contributed by atoms with Gasteiger partial charge in [0.05, 0.1) is 17.6 Å². The summed E-state index contributed by atoms with van der Waals surface area (Å²) >= 11 is 1.33. The molecule has 3 rings (SSSR count). The molecule has 0 bridgehead atoms. The molecule has 3 heterocycles. The van der Waals surface area contributed by atoms with Gasteiger partial charge in [0.15, 0.2) is 0 Å². The number of nitrogen functional groups attached to an aromatic ring is 1. The minimum atomic E-state index is -0.228. The number of rotatable bonds is 5. The Morgan fingerprint density at radius 1 is 1.35 bits per heavy atom. The van der Waals surface area contributed by atoms with Gasteiger partial charge in [-0.2, -0.15) is 0 Å². The summed E-state index contributed by atoms with van der Waals surface area (Å²) in [7, 11) is 0. The van der Waals surface area contributed by atoms with Crippen LogP contribution in [0.3, 0.4) is 0 Å². The third-order valence-electron chi connectivity index (χ3n) is 3.56. The van der Waals surface area contributed by atoms with Gasteiger partial charge in [0.1, 0.15) is 9.71 Å². The van der Waals surface area contributed by atoms with Crippen molar-refractivity contribution in [3.63, 3.8) is 0 Å². The Kier molecular flexibility index (Phi) is 4.52. The average molecular weight is 326 g/mol. The van der Waals surface area contributed by atoms with Crippen LogP contribution in [0.15, 0.2) is 36.7 Å². The van der Waals surface area contributed by atoms with Gasteiger partial charge in [-0.05, 0) is 37.1 Å². The molecule has 0 unspecified atom stereocenters. The molecule has 0 spiro atoms. The Hall–Kier alpha value is -2.47. The molecule has 6 heteroatoms. The van der Waals surface area contributed by atoms with Crippen LogP contribution in [0, 0.1) is 0 Å². The number of amides is 1. The number of hydrogen-bond acceptors (Lipinski definition) is 5. The zero-order valence-electron chi connectivity index (χ0n) is 12.9. The maximum absolute atomic E-state index is 12.4. The zero-order chi connectivity index (χ0) is 16.2. The highest BCUT2D eigenvalue weighted by Gasteiger charge is 2.17. The van der Waals surface area contributed by atoms with Gasteiger partial charge in [-0.25, -0.2) is 4.98 Å². The normalized spacial score (nSPS) is 10.8. The lowest BCUT2D eigenvalue weighted by Gasteiger charge is -2.03. The van der Waals surface area contributed by atoms with Crippen LogP contribution >= 0.6 is 11.3 Å². The van der Waals surface area contributed by atoms with Gasteiger partial charge in [0, 0.05) is 17.3 Å². The number of aromatic nitrogens is 2. The fourth-order valence-electron chi connectivity index (χ4n) is 2.33. The lowest BCUT2D eigenvalue weighted by Crippen LogP contribution is -2.11. The van der Waals surface area contributed by atoms with Crippen molar-refractivity contribution >= 4 is 38.8 Å². The Bertz CT molecular complexity index is 829. The van der Waals surface area contributed by atoms with Crippen LogP contribution in [0.25, 0.3) is 10.2 Å². The summed E-state index contributed by atoms with van der Waals surface area (Å²) in [6.07, 6.45) is 6.44. The van der Waals surface area contributed by atoms with E-state index in [-0.39, 0.29) is 5.91 Å². The first-order valence-corrected chi connectivity index (χ1v) is 8.40. The summed E-state index contributed by atoms with van der Waals surface area (Å²) in [6, 6.07) is 7.50. The Labute approximate surface area is 138 Å². The van der Waals surface area contributed by atoms with Crippen LogP contribution < -0.4 is 11.1 Å². The van der Waals surface area contributed by atoms with Crippen molar-refractivity contribution in [2.45, 2.75) is 26.2 Å². The Morgan fingerprint density at radius 3 is 2.96 bits per heavy atom. The molecule has 5 nitrogen and oxygen atoms in total. The van der Waals surface area contributed by atoms with Gasteiger partial charge < -0.3 is 11.1 Å². The van der Waals surface area contributed by atoms with Gasteiger partial charge in [0.25, 0.3) is 5.91 Å². The highest BCUT2D eigenvalue weighted by molar-refractivity contribution is 7.21. The molecule has 3 N–H and O–H groups in total. The second-order valence-electron chi connectivity index (χ2n) is 5.30. The topological polar surface area (TPSA) is 80.9 Å². The smallest absolute Gasteiger partial charge is 0.267 e. The van der Waals surface area contributed by atoms with E-state index in [0.717, 1.165) is 35.2 Å². The van der Waals surface area contributed by atoms with Crippen LogP contribution in [0.1, 0.15) is 35.1 Å². The molecule has 3 aromatic rings. The molecule has 0 fully saturated rings. The van der Waals surface area contributed by atoms with Gasteiger partial charge in [-0.3, -0.25) is 9.78 Å². The van der Waals surface area contributed by atoms with Gasteiger partial charge in [0.2, 0.25) is 0 Å². The quantitative estimate of drug-likeness (QED) is 0.746. The molecule has 3 aromatic heterocycles. The molecule has 0 aromatic carbocycles. The Balaban J connectivity index is 1.88. The number of anilines is 2. The van der Waals surface area contributed by atoms with Crippen molar-refractivity contribution in [2.75, 3.05) is 11.1 Å². The molecule has 118 valence electrons. The average Bonchev–Trinajstić information content (AvgIpc) is 2.90. The molecule has 23 heavy (non-hydrogen) atoms. The monoisotopic (exact) mass is 326 g/mol. The highest BCUT2D eigenvalue weighted by Crippen LogP contribution is 2.33. The van der Waals surface area contributed by atoms with E-state index in [1.54, 1.807) is 24.5 Å². The first-order valence-electron chi connectivity index (χ1n) is 7.58. The van der Waals surface area contributed by atoms with Crippen molar-refractivity contribution in [2.24, 2.45) is 0 Å². The number of fused-ring (bicyclic) bond motifs is 1. The van der Waals surface area contributed by atoms with E-state index in [1.165, 1.54) is 11.3 Å². The minimum Gasteiger partial charge on any atom is -0.397 e. The fraction of sp³-hybridized carbons (Fsp3) is 0.235. The molecule has 0 aliphatic rings. The number of nitrogens with one attached hydrogen (secondary N) is 1. The summed E-state index contributed by atoms with van der Waals surface area (Å²) in [6.45, 7) is 2.16. The second-order valence-corrected chi connectivity index (χ2v) is 6.30. The summed E-state index contributed by atoms with van der Waals surface area (Å²) in [5.41, 5.74) is 8.31. The van der Waals surface area contributed by atoms with Crippen LogP contribution in [0.5, 0.6) is 0 Å². The molecule has 0 aliphatic heterocycles. The maximum Gasteiger partial charge on any atom is 0.267 e. The van der Waals surface area contributed by atoms with E-state index < -0.39 is 0 Å². The maximum atomic E-state index is 12.4. The number of unbranched alkanes of at least 4 members (excludes halogenated alkanes) is 1. The highest BCUT2D eigenvalue weighted by atomic mass is 32.1. The van der Waals surface area contributed by atoms with Crippen molar-refractivity contribution in [1.82, 2.24) is 9.97 Å². The lowest BCUT2D eigenvalue weighted by atomic mass is 10.1. The molecule has 0 aliphatic carbocycles. The molecule has 0 radical (unpaired) electrons. The molecule has 0 saturated heterocycles. The Morgan fingerprint density at radius 2 is 2.22 bits per heavy atom. The fourth-order valence-corrected chi connectivity index (χ4v) is 3.33. The minimum absolute atomic E-state index is 0.228. The molecular formula is C17H18N4OS. The molecule has 1 amide bonds. The molecule has 0 saturated carbocycles. The number of pyridine rings is 2. The lowest BCUT2D eigenvalue weighted by molar-refractivity contribution is 0.103. The number of carbonyl (C=O) groups is 1. The largest absolute Gasteiger partial charge is 0.397 e. The van der Waals surface area contributed by atoms with Gasteiger partial charge in [-0.1, -0.05) is 13.3 Å². The molecule has 0 atom stereocenters. The predicted molar refractivity (Wildman–Crippen MR) is 94.8 cm³/mol. The van der Waals surface area contributed by atoms with E-state index >= 15 is 0 Å². The van der Waals surface area contributed by atoms with E-state index in [1.807, 2.05) is 12.1 Å². The van der Waals surface area contributed by atoms with Crippen LogP contribution in [-0.2, 0) is 6.42 Å². The third kappa shape index (κ3) is 3.32. The van der Waals surface area contributed by atoms with E-state index in [0.29, 0.717) is 16.3 Å². The first-order chi connectivity index (χ1) is 11.2. The first kappa shape index (κ1) is 15.4. The van der Waals surface area contributed by atoms with E-state index in [4.69, 9.17) is 5.73 Å². The summed E-state index contributed by atoms with van der Waals surface area (Å²) in [5, 5.41) is 3.65. The third-order valence-corrected chi connectivity index (χ3v) is 4.68. The standard InChI is InChI=1S/C17H18N4OS/c1-2-3-5-11-7-8-13-14(18)15(23-17(13)21-11)16(22)20-12-6-4-9-19-10-12/h4,6-10H,2-3,5,18H2,1H3,(H,20,22). The van der Waals surface area contributed by atoms with Crippen molar-refractivity contribution in [1.29, 1.82) is 0 Å². The van der Waals surface area contributed by atoms with Crippen LogP contribution in [-0.4, -0.2) is 15.9 Å². The zero-order valence-corrected chi connectivity index (χ0v) is 13.7. The van der Waals surface area contributed by atoms with Gasteiger partial charge in [-0.15, -0.1) is 11.3 Å². The predicted octanol–water partition coefficient (Wildman–Crippen LogP) is 3.87. The number of nitrogens with two attached hydrogens (primary N) is 1. The van der Waals surface area contributed by atoms with E-state index in [9.17, 15) is 4.79 Å². The number of thiophene rings is 1. The summed E-state index contributed by atoms with van der Waals surface area (Å²) < 4.78 is 0. The van der Waals surface area contributed by atoms with Gasteiger partial charge >= 0.3 is 0 Å². The second kappa shape index (κ2) is 6.75. The van der Waals surface area contributed by atoms with Crippen molar-refractivity contribution < 1.29 is 4.79 Å². The summed E-state index contributed by atoms with van der Waals surface area (Å²) in [5.74, 6) is -0.228. The van der Waals surface area contributed by atoms with Crippen molar-refractivity contribution in [3.05, 3.63) is 47.2 Å². The number of carbonyl (C=O) groups excluding carboxylic acids is 1. The number of nitrogens with zero attached hydrogens (tertiary/aromatic N) is 2. The van der Waals surface area contributed by atoms with Crippen LogP contribution in [0.2, 0.25) is 0 Å². The summed E-state index contributed by atoms with van der Waals surface area (Å²) in [4.78, 5) is 22.3. The van der Waals surface area contributed by atoms with E-state index in [2.05, 4.69) is 22.2 Å². The van der Waals surface area contributed by atoms with Crippen LogP contribution in [0.4, 0.5) is 11.4 Å². The van der Waals surface area contributed by atoms with Crippen molar-refractivity contribution in [3.8, 4) is 0 Å². The molecular weight excluding hydrogens is 308 g/mol.